The van der Waals surface area contributed by atoms with E-state index in [0.29, 0.717) is 17.0 Å². The molecule has 2 aromatic heterocycles. The molecule has 0 aliphatic heterocycles. The standard InChI is InChI=1S/C22H19FN4O3/c1-2-30-22(29)17-13-24-27-11-10-19(26-21(17)27)25-20(14-6-4-3-5-7-14)16-12-15(23)8-9-18(16)28/h3-13,20,28H,2H2,1H3,(H,25,26). The number of aromatic hydroxyl groups is 1. The molecule has 152 valence electrons. The summed E-state index contributed by atoms with van der Waals surface area (Å²) < 4.78 is 20.4. The number of esters is 1. The van der Waals surface area contributed by atoms with E-state index in [-0.39, 0.29) is 17.9 Å². The Bertz CT molecular complexity index is 1190. The Balaban J connectivity index is 1.76. The van der Waals surface area contributed by atoms with Crippen molar-refractivity contribution in [3.63, 3.8) is 0 Å². The molecule has 0 aliphatic carbocycles. The fraction of sp³-hybridized carbons (Fsp3) is 0.136. The number of nitrogens with zero attached hydrogens (tertiary/aromatic N) is 3. The smallest absolute Gasteiger partial charge is 0.343 e. The third-order valence-corrected chi connectivity index (χ3v) is 4.59. The number of hydrogen-bond donors (Lipinski definition) is 2. The van der Waals surface area contributed by atoms with Gasteiger partial charge in [0.1, 0.15) is 22.9 Å². The first-order valence-electron chi connectivity index (χ1n) is 9.38. The summed E-state index contributed by atoms with van der Waals surface area (Å²) in [6.45, 7) is 1.96. The van der Waals surface area contributed by atoms with Gasteiger partial charge in [-0.25, -0.2) is 18.7 Å². The van der Waals surface area contributed by atoms with Crippen LogP contribution in [0.3, 0.4) is 0 Å². The zero-order valence-corrected chi connectivity index (χ0v) is 16.1. The van der Waals surface area contributed by atoms with Crippen LogP contribution in [0.2, 0.25) is 0 Å². The number of aromatic nitrogens is 3. The lowest BCUT2D eigenvalue weighted by Gasteiger charge is -2.21. The second kappa shape index (κ2) is 8.20. The Morgan fingerprint density at radius 2 is 2.03 bits per heavy atom. The number of carbonyl (C=O) groups is 1. The highest BCUT2D eigenvalue weighted by atomic mass is 19.1. The Labute approximate surface area is 171 Å². The van der Waals surface area contributed by atoms with Crippen LogP contribution in [-0.2, 0) is 4.74 Å². The van der Waals surface area contributed by atoms with Crippen molar-refractivity contribution in [2.24, 2.45) is 0 Å². The summed E-state index contributed by atoms with van der Waals surface area (Å²) in [5.41, 5.74) is 1.74. The van der Waals surface area contributed by atoms with Crippen LogP contribution in [0.15, 0.2) is 67.0 Å². The SMILES string of the molecule is CCOC(=O)c1cnn2ccc(NC(c3ccccc3)c3cc(F)ccc3O)nc12. The van der Waals surface area contributed by atoms with Gasteiger partial charge in [0.25, 0.3) is 0 Å². The van der Waals surface area contributed by atoms with Gasteiger partial charge in [-0.05, 0) is 36.8 Å². The molecular formula is C22H19FN4O3. The Hall–Kier alpha value is -3.94. The van der Waals surface area contributed by atoms with E-state index in [1.54, 1.807) is 19.2 Å². The number of phenolic OH excluding ortho intramolecular Hbond substituents is 1. The molecule has 2 aromatic carbocycles. The third kappa shape index (κ3) is 3.80. The van der Waals surface area contributed by atoms with Gasteiger partial charge in [0.2, 0.25) is 0 Å². The van der Waals surface area contributed by atoms with Crippen molar-refractivity contribution in [2.75, 3.05) is 11.9 Å². The van der Waals surface area contributed by atoms with E-state index in [0.717, 1.165) is 5.56 Å². The molecular weight excluding hydrogens is 387 g/mol. The number of anilines is 1. The van der Waals surface area contributed by atoms with E-state index in [1.807, 2.05) is 30.3 Å². The molecule has 30 heavy (non-hydrogen) atoms. The van der Waals surface area contributed by atoms with E-state index in [1.165, 1.54) is 28.9 Å². The summed E-state index contributed by atoms with van der Waals surface area (Å²) in [5, 5.41) is 17.7. The minimum atomic E-state index is -0.578. The highest BCUT2D eigenvalue weighted by Crippen LogP contribution is 2.32. The molecule has 0 fully saturated rings. The molecule has 2 N–H and O–H groups in total. The minimum absolute atomic E-state index is 0.0459. The Kier molecular flexibility index (Phi) is 5.30. The molecule has 1 atom stereocenters. The summed E-state index contributed by atoms with van der Waals surface area (Å²) in [7, 11) is 0. The van der Waals surface area contributed by atoms with Gasteiger partial charge in [-0.15, -0.1) is 0 Å². The van der Waals surface area contributed by atoms with Crippen LogP contribution in [0.25, 0.3) is 5.65 Å². The highest BCUT2D eigenvalue weighted by Gasteiger charge is 2.20. The number of carbonyl (C=O) groups excluding carboxylic acids is 1. The Morgan fingerprint density at radius 3 is 2.80 bits per heavy atom. The maximum absolute atomic E-state index is 13.9. The summed E-state index contributed by atoms with van der Waals surface area (Å²) >= 11 is 0. The fourth-order valence-corrected chi connectivity index (χ4v) is 3.19. The number of fused-ring (bicyclic) bond motifs is 1. The van der Waals surface area contributed by atoms with Gasteiger partial charge < -0.3 is 15.2 Å². The highest BCUT2D eigenvalue weighted by molar-refractivity contribution is 5.95. The monoisotopic (exact) mass is 406 g/mol. The van der Waals surface area contributed by atoms with Crippen LogP contribution in [0.1, 0.15) is 34.5 Å². The van der Waals surface area contributed by atoms with Gasteiger partial charge in [0.05, 0.1) is 18.8 Å². The zero-order valence-electron chi connectivity index (χ0n) is 16.1. The molecule has 8 heteroatoms. The maximum atomic E-state index is 13.9. The lowest BCUT2D eigenvalue weighted by atomic mass is 9.97. The van der Waals surface area contributed by atoms with Crippen LogP contribution >= 0.6 is 0 Å². The molecule has 0 aliphatic rings. The summed E-state index contributed by atoms with van der Waals surface area (Å²) in [4.78, 5) is 16.7. The van der Waals surface area contributed by atoms with E-state index in [2.05, 4.69) is 15.4 Å². The Morgan fingerprint density at radius 1 is 1.23 bits per heavy atom. The van der Waals surface area contributed by atoms with Crippen molar-refractivity contribution < 1.29 is 19.0 Å². The number of benzene rings is 2. The lowest BCUT2D eigenvalue weighted by molar-refractivity contribution is 0.0528. The topological polar surface area (TPSA) is 88.8 Å². The number of halogens is 1. The number of rotatable bonds is 6. The first-order chi connectivity index (χ1) is 14.6. The van der Waals surface area contributed by atoms with Crippen molar-refractivity contribution in [2.45, 2.75) is 13.0 Å². The summed E-state index contributed by atoms with van der Waals surface area (Å²) in [6.07, 6.45) is 3.05. The van der Waals surface area contributed by atoms with Crippen LogP contribution in [0.5, 0.6) is 5.75 Å². The largest absolute Gasteiger partial charge is 0.508 e. The van der Waals surface area contributed by atoms with Crippen molar-refractivity contribution in [3.8, 4) is 5.75 Å². The number of hydrogen-bond acceptors (Lipinski definition) is 6. The summed E-state index contributed by atoms with van der Waals surface area (Å²) in [6, 6.07) is 14.2. The zero-order chi connectivity index (χ0) is 21.1. The predicted octanol–water partition coefficient (Wildman–Crippen LogP) is 3.95. The first-order valence-corrected chi connectivity index (χ1v) is 9.38. The molecule has 0 bridgehead atoms. The molecule has 1 unspecified atom stereocenters. The van der Waals surface area contributed by atoms with E-state index >= 15 is 0 Å². The van der Waals surface area contributed by atoms with E-state index < -0.39 is 17.8 Å². The molecule has 0 amide bonds. The quantitative estimate of drug-likeness (QED) is 0.472. The molecule has 0 saturated heterocycles. The number of nitrogens with one attached hydrogen (secondary N) is 1. The minimum Gasteiger partial charge on any atom is -0.508 e. The van der Waals surface area contributed by atoms with Crippen LogP contribution < -0.4 is 5.32 Å². The van der Waals surface area contributed by atoms with Gasteiger partial charge in [-0.2, -0.15) is 5.10 Å². The second-order valence-electron chi connectivity index (χ2n) is 6.55. The van der Waals surface area contributed by atoms with Crippen molar-refractivity contribution in [3.05, 3.63) is 89.5 Å². The fourth-order valence-electron chi connectivity index (χ4n) is 3.19. The van der Waals surface area contributed by atoms with Crippen LogP contribution in [-0.4, -0.2) is 32.3 Å². The second-order valence-corrected chi connectivity index (χ2v) is 6.55. The molecule has 2 heterocycles. The molecule has 7 nitrogen and oxygen atoms in total. The summed E-state index contributed by atoms with van der Waals surface area (Å²) in [5.74, 6) is -0.602. The van der Waals surface area contributed by atoms with Crippen molar-refractivity contribution in [1.82, 2.24) is 14.6 Å². The average molecular weight is 406 g/mol. The van der Waals surface area contributed by atoms with Crippen LogP contribution in [0, 0.1) is 5.82 Å². The van der Waals surface area contributed by atoms with Gasteiger partial charge >= 0.3 is 5.97 Å². The van der Waals surface area contributed by atoms with Gasteiger partial charge in [-0.1, -0.05) is 30.3 Å². The van der Waals surface area contributed by atoms with Gasteiger partial charge in [0.15, 0.2) is 5.65 Å². The van der Waals surface area contributed by atoms with E-state index in [4.69, 9.17) is 4.74 Å². The number of phenols is 1. The van der Waals surface area contributed by atoms with Crippen molar-refractivity contribution >= 4 is 17.4 Å². The average Bonchev–Trinajstić information content (AvgIpc) is 3.18. The molecule has 0 radical (unpaired) electrons. The predicted molar refractivity (Wildman–Crippen MR) is 109 cm³/mol. The maximum Gasteiger partial charge on any atom is 0.343 e. The third-order valence-electron chi connectivity index (χ3n) is 4.59. The number of ether oxygens (including phenoxy) is 1. The molecule has 0 spiro atoms. The molecule has 4 rings (SSSR count). The lowest BCUT2D eigenvalue weighted by Crippen LogP contribution is -2.14. The normalized spacial score (nSPS) is 11.9. The van der Waals surface area contributed by atoms with Gasteiger partial charge in [0, 0.05) is 11.8 Å². The van der Waals surface area contributed by atoms with Crippen LogP contribution in [0.4, 0.5) is 10.2 Å². The van der Waals surface area contributed by atoms with Crippen molar-refractivity contribution in [1.29, 1.82) is 0 Å². The first kappa shape index (κ1) is 19.4. The molecule has 0 saturated carbocycles. The molecule has 4 aromatic rings. The van der Waals surface area contributed by atoms with E-state index in [9.17, 15) is 14.3 Å². The van der Waals surface area contributed by atoms with Gasteiger partial charge in [-0.3, -0.25) is 0 Å².